The summed E-state index contributed by atoms with van der Waals surface area (Å²) >= 11 is 0. The van der Waals surface area contributed by atoms with E-state index in [9.17, 15) is 18.8 Å². The van der Waals surface area contributed by atoms with Crippen LogP contribution in [0.15, 0.2) is 24.3 Å². The minimum atomic E-state index is -0.870. The molecular weight excluding hydrogens is 329 g/mol. The predicted octanol–water partition coefficient (Wildman–Crippen LogP) is 0.999. The number of nitrogens with one attached hydrogen (secondary N) is 2. The fourth-order valence-electron chi connectivity index (χ4n) is 2.57. The van der Waals surface area contributed by atoms with Gasteiger partial charge in [-0.1, -0.05) is 0 Å². The van der Waals surface area contributed by atoms with Crippen molar-refractivity contribution in [3.8, 4) is 5.75 Å². The molecule has 0 radical (unpaired) electrons. The molecular formula is C17H22FN3O4. The zero-order valence-corrected chi connectivity index (χ0v) is 14.3. The second kappa shape index (κ2) is 8.46. The largest absolute Gasteiger partial charge is 0.481 e. The smallest absolute Gasteiger partial charge is 0.279 e. The predicted molar refractivity (Wildman–Crippen MR) is 87.8 cm³/mol. The molecule has 0 bridgehead atoms. The van der Waals surface area contributed by atoms with Crippen LogP contribution in [0.5, 0.6) is 5.75 Å². The minimum absolute atomic E-state index is 0.0668. The SMILES string of the molecule is CC(=O)N1CCC[C@@H](C(=O)NNC(=O)[C@@H](C)Oc2ccc(F)cc2)C1. The lowest BCUT2D eigenvalue weighted by Crippen LogP contribution is -2.52. The number of benzene rings is 1. The standard InChI is InChI=1S/C17H22FN3O4/c1-11(25-15-7-5-14(18)6-8-15)16(23)19-20-17(24)13-4-3-9-21(10-13)12(2)22/h5-8,11,13H,3-4,9-10H2,1-2H3,(H,19,23)(H,20,24)/t11-,13-/m1/s1. The summed E-state index contributed by atoms with van der Waals surface area (Å²) in [7, 11) is 0. The lowest BCUT2D eigenvalue weighted by molar-refractivity contribution is -0.137. The average Bonchev–Trinajstić information content (AvgIpc) is 2.61. The van der Waals surface area contributed by atoms with Crippen molar-refractivity contribution in [3.05, 3.63) is 30.1 Å². The van der Waals surface area contributed by atoms with Gasteiger partial charge in [-0.05, 0) is 44.0 Å². The van der Waals surface area contributed by atoms with E-state index in [0.29, 0.717) is 25.3 Å². The molecule has 0 spiro atoms. The quantitative estimate of drug-likeness (QED) is 0.792. The van der Waals surface area contributed by atoms with Crippen molar-refractivity contribution in [2.45, 2.75) is 32.8 Å². The van der Waals surface area contributed by atoms with Gasteiger partial charge >= 0.3 is 0 Å². The summed E-state index contributed by atoms with van der Waals surface area (Å²) in [4.78, 5) is 37.1. The fourth-order valence-corrected chi connectivity index (χ4v) is 2.57. The first-order chi connectivity index (χ1) is 11.9. The van der Waals surface area contributed by atoms with Crippen LogP contribution in [0.25, 0.3) is 0 Å². The Morgan fingerprint density at radius 2 is 1.92 bits per heavy atom. The number of amides is 3. The Bertz CT molecular complexity index is 635. The average molecular weight is 351 g/mol. The number of hydrogen-bond donors (Lipinski definition) is 2. The van der Waals surface area contributed by atoms with E-state index >= 15 is 0 Å². The lowest BCUT2D eigenvalue weighted by Gasteiger charge is -2.31. The van der Waals surface area contributed by atoms with Gasteiger partial charge in [-0.3, -0.25) is 25.2 Å². The zero-order valence-electron chi connectivity index (χ0n) is 14.3. The molecule has 0 saturated carbocycles. The Kier molecular flexibility index (Phi) is 6.32. The maximum atomic E-state index is 12.8. The third-order valence-corrected chi connectivity index (χ3v) is 4.04. The third kappa shape index (κ3) is 5.44. The summed E-state index contributed by atoms with van der Waals surface area (Å²) in [5, 5.41) is 0. The van der Waals surface area contributed by atoms with Gasteiger partial charge in [0.15, 0.2) is 6.10 Å². The molecule has 0 unspecified atom stereocenters. The Morgan fingerprint density at radius 3 is 2.56 bits per heavy atom. The molecule has 0 aliphatic carbocycles. The van der Waals surface area contributed by atoms with Gasteiger partial charge in [0.25, 0.3) is 5.91 Å². The molecule has 25 heavy (non-hydrogen) atoms. The minimum Gasteiger partial charge on any atom is -0.481 e. The number of hydrogen-bond acceptors (Lipinski definition) is 4. The highest BCUT2D eigenvalue weighted by molar-refractivity contribution is 5.86. The molecule has 136 valence electrons. The van der Waals surface area contributed by atoms with Crippen molar-refractivity contribution in [2.24, 2.45) is 5.92 Å². The molecule has 7 nitrogen and oxygen atoms in total. The van der Waals surface area contributed by atoms with E-state index < -0.39 is 17.8 Å². The van der Waals surface area contributed by atoms with Crippen LogP contribution in [0.3, 0.4) is 0 Å². The first-order valence-electron chi connectivity index (χ1n) is 8.14. The molecule has 1 heterocycles. The number of hydrazine groups is 1. The van der Waals surface area contributed by atoms with E-state index in [0.717, 1.165) is 6.42 Å². The number of carbonyl (C=O) groups is 3. The molecule has 1 aliphatic heterocycles. The van der Waals surface area contributed by atoms with Crippen LogP contribution in [-0.2, 0) is 14.4 Å². The summed E-state index contributed by atoms with van der Waals surface area (Å²) in [5.41, 5.74) is 4.69. The third-order valence-electron chi connectivity index (χ3n) is 4.04. The van der Waals surface area contributed by atoms with Crippen LogP contribution < -0.4 is 15.6 Å². The number of rotatable bonds is 4. The molecule has 2 N–H and O–H groups in total. The second-order valence-electron chi connectivity index (χ2n) is 6.00. The number of nitrogens with zero attached hydrogens (tertiary/aromatic N) is 1. The van der Waals surface area contributed by atoms with Gasteiger partial charge in [0.2, 0.25) is 11.8 Å². The molecule has 1 saturated heterocycles. The van der Waals surface area contributed by atoms with Crippen LogP contribution in [0.4, 0.5) is 4.39 Å². The van der Waals surface area contributed by atoms with Crippen molar-refractivity contribution in [3.63, 3.8) is 0 Å². The molecule has 3 amide bonds. The summed E-state index contributed by atoms with van der Waals surface area (Å²) < 4.78 is 18.2. The maximum Gasteiger partial charge on any atom is 0.279 e. The molecule has 2 atom stereocenters. The van der Waals surface area contributed by atoms with Crippen molar-refractivity contribution in [1.29, 1.82) is 0 Å². The van der Waals surface area contributed by atoms with Crippen LogP contribution in [-0.4, -0.2) is 41.8 Å². The number of likely N-dealkylation sites (tertiary alicyclic amines) is 1. The highest BCUT2D eigenvalue weighted by atomic mass is 19.1. The second-order valence-corrected chi connectivity index (χ2v) is 6.00. The molecule has 1 fully saturated rings. The van der Waals surface area contributed by atoms with Crippen LogP contribution in [0, 0.1) is 11.7 Å². The van der Waals surface area contributed by atoms with Crippen LogP contribution >= 0.6 is 0 Å². The Labute approximate surface area is 145 Å². The highest BCUT2D eigenvalue weighted by Gasteiger charge is 2.27. The van der Waals surface area contributed by atoms with Crippen LogP contribution in [0.1, 0.15) is 26.7 Å². The van der Waals surface area contributed by atoms with Gasteiger partial charge in [0.1, 0.15) is 11.6 Å². The molecule has 1 aliphatic rings. The van der Waals surface area contributed by atoms with E-state index in [1.807, 2.05) is 0 Å². The van der Waals surface area contributed by atoms with Gasteiger partial charge in [-0.25, -0.2) is 4.39 Å². The van der Waals surface area contributed by atoms with Crippen molar-refractivity contribution in [2.75, 3.05) is 13.1 Å². The highest BCUT2D eigenvalue weighted by Crippen LogP contribution is 2.16. The van der Waals surface area contributed by atoms with Crippen molar-refractivity contribution >= 4 is 17.7 Å². The molecule has 2 rings (SSSR count). The molecule has 1 aromatic carbocycles. The van der Waals surface area contributed by atoms with Gasteiger partial charge in [-0.15, -0.1) is 0 Å². The number of carbonyl (C=O) groups excluding carboxylic acids is 3. The summed E-state index contributed by atoms with van der Waals surface area (Å²) in [6, 6.07) is 5.28. The zero-order chi connectivity index (χ0) is 18.4. The van der Waals surface area contributed by atoms with E-state index in [4.69, 9.17) is 4.74 Å². The number of ether oxygens (including phenoxy) is 1. The van der Waals surface area contributed by atoms with E-state index in [1.165, 1.54) is 38.1 Å². The van der Waals surface area contributed by atoms with E-state index in [-0.39, 0.29) is 17.7 Å². The molecule has 8 heteroatoms. The Balaban J connectivity index is 1.79. The van der Waals surface area contributed by atoms with Gasteiger partial charge < -0.3 is 9.64 Å². The summed E-state index contributed by atoms with van der Waals surface area (Å²) in [6.45, 7) is 3.98. The van der Waals surface area contributed by atoms with Gasteiger partial charge in [0, 0.05) is 20.0 Å². The number of piperidine rings is 1. The molecule has 1 aromatic rings. The Morgan fingerprint density at radius 1 is 1.24 bits per heavy atom. The monoisotopic (exact) mass is 351 g/mol. The summed E-state index contributed by atoms with van der Waals surface area (Å²) in [5.74, 6) is -1.34. The molecule has 0 aromatic heterocycles. The normalized spacial score (nSPS) is 18.2. The first-order valence-corrected chi connectivity index (χ1v) is 8.14. The number of halogens is 1. The van der Waals surface area contributed by atoms with Crippen LogP contribution in [0.2, 0.25) is 0 Å². The van der Waals surface area contributed by atoms with E-state index in [2.05, 4.69) is 10.9 Å². The Hall–Kier alpha value is -2.64. The lowest BCUT2D eigenvalue weighted by atomic mass is 9.97. The van der Waals surface area contributed by atoms with Gasteiger partial charge in [-0.2, -0.15) is 0 Å². The summed E-state index contributed by atoms with van der Waals surface area (Å²) in [6.07, 6.45) is 0.536. The van der Waals surface area contributed by atoms with Crippen molar-refractivity contribution in [1.82, 2.24) is 15.8 Å². The van der Waals surface area contributed by atoms with E-state index in [1.54, 1.807) is 4.90 Å². The van der Waals surface area contributed by atoms with Gasteiger partial charge in [0.05, 0.1) is 5.92 Å². The fraction of sp³-hybridized carbons (Fsp3) is 0.471. The maximum absolute atomic E-state index is 12.8. The van der Waals surface area contributed by atoms with Crippen molar-refractivity contribution < 1.29 is 23.5 Å². The first kappa shape index (κ1) is 18.7. The topological polar surface area (TPSA) is 87.7 Å².